The van der Waals surface area contributed by atoms with E-state index in [4.69, 9.17) is 10.5 Å². The van der Waals surface area contributed by atoms with E-state index in [1.54, 1.807) is 15.8 Å². The molecule has 6 nitrogen and oxygen atoms in total. The topological polar surface area (TPSA) is 73.4 Å². The first-order valence-electron chi connectivity index (χ1n) is 10.0. The summed E-state index contributed by atoms with van der Waals surface area (Å²) in [7, 11) is 0. The van der Waals surface area contributed by atoms with E-state index < -0.39 is 0 Å². The number of carbonyl (C=O) groups excluding carboxylic acids is 1. The molecule has 0 bridgehead atoms. The molecule has 2 atom stereocenters. The van der Waals surface area contributed by atoms with Crippen molar-refractivity contribution in [3.05, 3.63) is 78.1 Å². The number of rotatable bonds is 6. The second kappa shape index (κ2) is 8.49. The Balaban J connectivity index is 1.60. The molecule has 1 saturated heterocycles. The van der Waals surface area contributed by atoms with Gasteiger partial charge in [0.1, 0.15) is 0 Å². The highest BCUT2D eigenvalue weighted by molar-refractivity contribution is 5.95. The average Bonchev–Trinajstić information content (AvgIpc) is 3.37. The largest absolute Gasteiger partial charge is 0.489 e. The zero-order valence-electron chi connectivity index (χ0n) is 16.6. The number of hydrogen-bond acceptors (Lipinski definition) is 4. The third kappa shape index (κ3) is 4.03. The quantitative estimate of drug-likeness (QED) is 0.701. The van der Waals surface area contributed by atoms with Crippen molar-refractivity contribution < 1.29 is 9.53 Å². The summed E-state index contributed by atoms with van der Waals surface area (Å²) in [6, 6.07) is 19.8. The van der Waals surface area contributed by atoms with Gasteiger partial charge in [0.15, 0.2) is 11.4 Å². The standard InChI is InChI=1S/C23H26N4O2/c1-2-13-29-21-16-27(18-11-7-4-8-12-18)25-22(21)23(28)26-14-19(20(24)15-26)17-9-5-3-6-10-17/h3-12,16,19-20H,2,13-15,24H2,1H3/t19-,20+/m0/s1. The first kappa shape index (κ1) is 19.2. The van der Waals surface area contributed by atoms with Crippen LogP contribution in [0.4, 0.5) is 0 Å². The van der Waals surface area contributed by atoms with Crippen LogP contribution in [-0.2, 0) is 0 Å². The van der Waals surface area contributed by atoms with Gasteiger partial charge in [0.25, 0.3) is 5.91 Å². The van der Waals surface area contributed by atoms with Crippen LogP contribution in [0.1, 0.15) is 35.3 Å². The van der Waals surface area contributed by atoms with Gasteiger partial charge in [0.2, 0.25) is 0 Å². The first-order chi connectivity index (χ1) is 14.2. The zero-order chi connectivity index (χ0) is 20.2. The Morgan fingerprint density at radius 2 is 1.79 bits per heavy atom. The summed E-state index contributed by atoms with van der Waals surface area (Å²) < 4.78 is 7.54. The number of nitrogens with two attached hydrogens (primary N) is 1. The van der Waals surface area contributed by atoms with E-state index in [0.717, 1.165) is 17.7 Å². The van der Waals surface area contributed by atoms with Crippen molar-refractivity contribution in [1.29, 1.82) is 0 Å². The van der Waals surface area contributed by atoms with Crippen LogP contribution in [0.25, 0.3) is 5.69 Å². The maximum atomic E-state index is 13.3. The molecular formula is C23H26N4O2. The van der Waals surface area contributed by atoms with Crippen LogP contribution in [0.2, 0.25) is 0 Å². The predicted molar refractivity (Wildman–Crippen MR) is 112 cm³/mol. The normalized spacial score (nSPS) is 18.8. The number of aromatic nitrogens is 2. The van der Waals surface area contributed by atoms with Gasteiger partial charge in [0.05, 0.1) is 18.5 Å². The highest BCUT2D eigenvalue weighted by Gasteiger charge is 2.36. The van der Waals surface area contributed by atoms with Crippen molar-refractivity contribution in [2.45, 2.75) is 25.3 Å². The molecule has 1 aliphatic heterocycles. The Labute approximate surface area is 170 Å². The first-order valence-corrected chi connectivity index (χ1v) is 10.0. The Morgan fingerprint density at radius 1 is 1.10 bits per heavy atom. The van der Waals surface area contributed by atoms with Gasteiger partial charge in [-0.05, 0) is 24.1 Å². The number of nitrogens with zero attached hydrogens (tertiary/aromatic N) is 3. The summed E-state index contributed by atoms with van der Waals surface area (Å²) in [6.45, 7) is 3.65. The maximum Gasteiger partial charge on any atom is 0.278 e. The van der Waals surface area contributed by atoms with Crippen LogP contribution in [0, 0.1) is 0 Å². The zero-order valence-corrected chi connectivity index (χ0v) is 16.6. The molecule has 1 fully saturated rings. The fourth-order valence-corrected chi connectivity index (χ4v) is 3.73. The van der Waals surface area contributed by atoms with Crippen LogP contribution in [-0.4, -0.2) is 46.3 Å². The monoisotopic (exact) mass is 390 g/mol. The van der Waals surface area contributed by atoms with Crippen LogP contribution in [0.5, 0.6) is 5.75 Å². The molecule has 2 aromatic carbocycles. The number of para-hydroxylation sites is 1. The summed E-state index contributed by atoms with van der Waals surface area (Å²) in [5.41, 5.74) is 8.76. The molecule has 1 amide bonds. The lowest BCUT2D eigenvalue weighted by Gasteiger charge is -2.16. The molecule has 6 heteroatoms. The van der Waals surface area contributed by atoms with E-state index >= 15 is 0 Å². The van der Waals surface area contributed by atoms with Crippen LogP contribution in [0.3, 0.4) is 0 Å². The summed E-state index contributed by atoms with van der Waals surface area (Å²) in [6.07, 6.45) is 2.64. The van der Waals surface area contributed by atoms with Crippen molar-refractivity contribution in [2.75, 3.05) is 19.7 Å². The molecule has 4 rings (SSSR count). The minimum atomic E-state index is -0.139. The molecule has 0 aliphatic carbocycles. The van der Waals surface area contributed by atoms with Crippen molar-refractivity contribution in [1.82, 2.24) is 14.7 Å². The van der Waals surface area contributed by atoms with Crippen LogP contribution >= 0.6 is 0 Å². The van der Waals surface area contributed by atoms with Gasteiger partial charge in [-0.3, -0.25) is 4.79 Å². The Kier molecular flexibility index (Phi) is 5.62. The van der Waals surface area contributed by atoms with Crippen molar-refractivity contribution in [3.8, 4) is 11.4 Å². The molecule has 1 aromatic heterocycles. The summed E-state index contributed by atoms with van der Waals surface area (Å²) in [5.74, 6) is 0.494. The second-order valence-corrected chi connectivity index (χ2v) is 7.36. The average molecular weight is 390 g/mol. The van der Waals surface area contributed by atoms with Gasteiger partial charge in [0, 0.05) is 25.0 Å². The number of likely N-dealkylation sites (tertiary alicyclic amines) is 1. The third-order valence-corrected chi connectivity index (χ3v) is 5.25. The third-order valence-electron chi connectivity index (χ3n) is 5.25. The molecule has 2 N–H and O–H groups in total. The molecule has 3 aromatic rings. The van der Waals surface area contributed by atoms with Crippen molar-refractivity contribution in [2.24, 2.45) is 5.73 Å². The van der Waals surface area contributed by atoms with Crippen LogP contribution in [0.15, 0.2) is 66.9 Å². The molecule has 29 heavy (non-hydrogen) atoms. The number of carbonyl (C=O) groups is 1. The van der Waals surface area contributed by atoms with Crippen LogP contribution < -0.4 is 10.5 Å². The lowest BCUT2D eigenvalue weighted by Crippen LogP contribution is -2.32. The Hall–Kier alpha value is -3.12. The SMILES string of the molecule is CCCOc1cn(-c2ccccc2)nc1C(=O)N1C[C@@H](N)[C@H](c2ccccc2)C1. The number of amides is 1. The molecule has 0 radical (unpaired) electrons. The smallest absolute Gasteiger partial charge is 0.278 e. The van der Waals surface area contributed by atoms with E-state index in [1.807, 2.05) is 55.5 Å². The Bertz CT molecular complexity index is 956. The Morgan fingerprint density at radius 3 is 2.48 bits per heavy atom. The highest BCUT2D eigenvalue weighted by atomic mass is 16.5. The molecular weight excluding hydrogens is 364 g/mol. The van der Waals surface area contributed by atoms with E-state index in [9.17, 15) is 4.79 Å². The predicted octanol–water partition coefficient (Wildman–Crippen LogP) is 3.23. The summed E-state index contributed by atoms with van der Waals surface area (Å²) >= 11 is 0. The van der Waals surface area contributed by atoms with E-state index in [1.165, 1.54) is 0 Å². The van der Waals surface area contributed by atoms with Gasteiger partial charge in [-0.1, -0.05) is 55.5 Å². The highest BCUT2D eigenvalue weighted by Crippen LogP contribution is 2.29. The van der Waals surface area contributed by atoms with Crippen molar-refractivity contribution >= 4 is 5.91 Å². The molecule has 0 unspecified atom stereocenters. The van der Waals surface area contributed by atoms with E-state index in [2.05, 4.69) is 17.2 Å². The lowest BCUT2D eigenvalue weighted by molar-refractivity contribution is 0.0778. The fourth-order valence-electron chi connectivity index (χ4n) is 3.73. The number of ether oxygens (including phenoxy) is 1. The summed E-state index contributed by atoms with van der Waals surface area (Å²) in [4.78, 5) is 15.1. The lowest BCUT2D eigenvalue weighted by atomic mass is 9.95. The molecule has 2 heterocycles. The molecule has 1 aliphatic rings. The minimum Gasteiger partial charge on any atom is -0.489 e. The summed E-state index contributed by atoms with van der Waals surface area (Å²) in [5, 5.41) is 4.56. The van der Waals surface area contributed by atoms with Crippen molar-refractivity contribution in [3.63, 3.8) is 0 Å². The van der Waals surface area contributed by atoms with E-state index in [-0.39, 0.29) is 17.9 Å². The fraction of sp³-hybridized carbons (Fsp3) is 0.304. The molecule has 150 valence electrons. The second-order valence-electron chi connectivity index (χ2n) is 7.36. The molecule has 0 spiro atoms. The maximum absolute atomic E-state index is 13.3. The number of benzene rings is 2. The van der Waals surface area contributed by atoms with Gasteiger partial charge in [-0.25, -0.2) is 4.68 Å². The molecule has 0 saturated carbocycles. The van der Waals surface area contributed by atoms with Gasteiger partial charge < -0.3 is 15.4 Å². The van der Waals surface area contributed by atoms with Gasteiger partial charge in [-0.15, -0.1) is 0 Å². The minimum absolute atomic E-state index is 0.0995. The van der Waals surface area contributed by atoms with Gasteiger partial charge >= 0.3 is 0 Å². The van der Waals surface area contributed by atoms with E-state index in [0.29, 0.717) is 31.1 Å². The number of hydrogen-bond donors (Lipinski definition) is 1. The van der Waals surface area contributed by atoms with Gasteiger partial charge in [-0.2, -0.15) is 5.10 Å².